The molecule has 1 heterocycles. The highest BCUT2D eigenvalue weighted by Crippen LogP contribution is 2.24. The molecular weight excluding hydrogens is 386 g/mol. The van der Waals surface area contributed by atoms with Crippen molar-refractivity contribution in [2.24, 2.45) is 5.92 Å². The van der Waals surface area contributed by atoms with Gasteiger partial charge in [-0.1, -0.05) is 43.5 Å². The number of carbonyl (C=O) groups is 1. The number of benzene rings is 1. The topological polar surface area (TPSA) is 76.4 Å². The van der Waals surface area contributed by atoms with E-state index in [2.05, 4.69) is 12.2 Å². The van der Waals surface area contributed by atoms with Crippen LogP contribution in [0.4, 0.5) is 0 Å². The molecule has 1 N–H and O–H groups in total. The molecule has 0 spiro atoms. The highest BCUT2D eigenvalue weighted by molar-refractivity contribution is 7.89. The van der Waals surface area contributed by atoms with E-state index < -0.39 is 9.84 Å². The smallest absolute Gasteiger partial charge is 0.287 e. The number of sulfone groups is 1. The van der Waals surface area contributed by atoms with Crippen LogP contribution in [0.25, 0.3) is 0 Å². The first-order valence-electron chi connectivity index (χ1n) is 9.17. The fraction of sp³-hybridized carbons (Fsp3) is 0.450. The van der Waals surface area contributed by atoms with Gasteiger partial charge in [0.1, 0.15) is 11.5 Å². The summed E-state index contributed by atoms with van der Waals surface area (Å²) in [7, 11) is -3.42. The summed E-state index contributed by atoms with van der Waals surface area (Å²) in [5.74, 6) is 0.233. The molecule has 1 aromatic heterocycles. The average Bonchev–Trinajstić information content (AvgIpc) is 3.06. The van der Waals surface area contributed by atoms with Gasteiger partial charge in [0.05, 0.1) is 5.75 Å². The fourth-order valence-electron chi connectivity index (χ4n) is 3.45. The van der Waals surface area contributed by atoms with Crippen molar-refractivity contribution in [1.29, 1.82) is 0 Å². The lowest BCUT2D eigenvalue weighted by molar-refractivity contribution is 0.0880. The number of hydrogen-bond acceptors (Lipinski definition) is 4. The van der Waals surface area contributed by atoms with Crippen molar-refractivity contribution in [3.63, 3.8) is 0 Å². The molecule has 0 saturated heterocycles. The molecule has 2 atom stereocenters. The van der Waals surface area contributed by atoms with Crippen molar-refractivity contribution < 1.29 is 17.6 Å². The van der Waals surface area contributed by atoms with Gasteiger partial charge in [0.2, 0.25) is 0 Å². The number of rotatable bonds is 6. The summed E-state index contributed by atoms with van der Waals surface area (Å²) in [5, 5.41) is 3.57. The second-order valence-corrected chi connectivity index (χ2v) is 9.77. The normalized spacial score (nSPS) is 20.4. The lowest BCUT2D eigenvalue weighted by Crippen LogP contribution is -2.40. The van der Waals surface area contributed by atoms with E-state index in [0.29, 0.717) is 16.5 Å². The second kappa shape index (κ2) is 8.48. The summed E-state index contributed by atoms with van der Waals surface area (Å²) < 4.78 is 30.3. The lowest BCUT2D eigenvalue weighted by atomic mass is 9.86. The molecule has 27 heavy (non-hydrogen) atoms. The average molecular weight is 410 g/mol. The molecule has 1 aromatic carbocycles. The highest BCUT2D eigenvalue weighted by Gasteiger charge is 2.25. The van der Waals surface area contributed by atoms with Crippen molar-refractivity contribution in [3.8, 4) is 0 Å². The van der Waals surface area contributed by atoms with Crippen LogP contribution in [-0.4, -0.2) is 20.4 Å². The molecular formula is C20H24ClNO4S. The van der Waals surface area contributed by atoms with Gasteiger partial charge in [-0.25, -0.2) is 8.42 Å². The highest BCUT2D eigenvalue weighted by atomic mass is 35.5. The maximum Gasteiger partial charge on any atom is 0.287 e. The van der Waals surface area contributed by atoms with Crippen molar-refractivity contribution in [3.05, 3.63) is 58.5 Å². The number of furan rings is 1. The molecule has 0 unspecified atom stereocenters. The van der Waals surface area contributed by atoms with Crippen LogP contribution in [0.5, 0.6) is 0 Å². The summed E-state index contributed by atoms with van der Waals surface area (Å²) >= 11 is 5.82. The van der Waals surface area contributed by atoms with E-state index in [4.69, 9.17) is 16.0 Å². The standard InChI is InChI=1S/C20H24ClNO4S/c1-14-4-2-3-5-18(14)22-20(23)19-11-10-17(26-19)13-27(24,25)12-15-6-8-16(21)9-7-15/h6-11,14,18H,2-5,12-13H2,1H3,(H,22,23)/t14-,18-/m0/s1. The number of carbonyl (C=O) groups excluding carboxylic acids is 1. The van der Waals surface area contributed by atoms with Gasteiger partial charge >= 0.3 is 0 Å². The maximum absolute atomic E-state index is 12.4. The summed E-state index contributed by atoms with van der Waals surface area (Å²) in [6.07, 6.45) is 4.39. The van der Waals surface area contributed by atoms with Gasteiger partial charge in [0.25, 0.3) is 5.91 Å². The maximum atomic E-state index is 12.4. The number of nitrogens with one attached hydrogen (secondary N) is 1. The third kappa shape index (κ3) is 5.59. The number of hydrogen-bond donors (Lipinski definition) is 1. The predicted octanol–water partition coefficient (Wildman–Crippen LogP) is 4.36. The summed E-state index contributed by atoms with van der Waals surface area (Å²) in [4.78, 5) is 12.4. The van der Waals surface area contributed by atoms with Crippen LogP contribution < -0.4 is 5.32 Å². The van der Waals surface area contributed by atoms with Crippen molar-refractivity contribution >= 4 is 27.3 Å². The van der Waals surface area contributed by atoms with Gasteiger partial charge in [0, 0.05) is 11.1 Å². The zero-order chi connectivity index (χ0) is 19.4. The van der Waals surface area contributed by atoms with Crippen molar-refractivity contribution in [2.45, 2.75) is 50.2 Å². The van der Waals surface area contributed by atoms with Crippen LogP contribution in [0.1, 0.15) is 54.5 Å². The molecule has 1 aliphatic carbocycles. The van der Waals surface area contributed by atoms with Gasteiger partial charge in [-0.2, -0.15) is 0 Å². The first-order valence-corrected chi connectivity index (χ1v) is 11.4. The van der Waals surface area contributed by atoms with Gasteiger partial charge in [-0.05, 0) is 48.6 Å². The monoisotopic (exact) mass is 409 g/mol. The predicted molar refractivity (Wildman–Crippen MR) is 105 cm³/mol. The molecule has 5 nitrogen and oxygen atoms in total. The third-order valence-corrected chi connectivity index (χ3v) is 6.72. The van der Waals surface area contributed by atoms with E-state index in [-0.39, 0.29) is 35.0 Å². The first-order chi connectivity index (χ1) is 12.8. The largest absolute Gasteiger partial charge is 0.455 e. The Morgan fingerprint density at radius 3 is 2.52 bits per heavy atom. The molecule has 0 bridgehead atoms. The van der Waals surface area contributed by atoms with E-state index in [0.717, 1.165) is 19.3 Å². The van der Waals surface area contributed by atoms with E-state index >= 15 is 0 Å². The van der Waals surface area contributed by atoms with Crippen LogP contribution in [-0.2, 0) is 21.3 Å². The number of halogens is 1. The zero-order valence-corrected chi connectivity index (χ0v) is 16.9. The van der Waals surface area contributed by atoms with E-state index in [1.807, 2.05) is 0 Å². The lowest BCUT2D eigenvalue weighted by Gasteiger charge is -2.29. The second-order valence-electron chi connectivity index (χ2n) is 7.27. The van der Waals surface area contributed by atoms with E-state index in [1.165, 1.54) is 12.5 Å². The van der Waals surface area contributed by atoms with Crippen LogP contribution in [0.2, 0.25) is 5.02 Å². The zero-order valence-electron chi connectivity index (χ0n) is 15.3. The minimum Gasteiger partial charge on any atom is -0.455 e. The molecule has 0 aliphatic heterocycles. The minimum absolute atomic E-state index is 0.105. The molecule has 1 saturated carbocycles. The molecule has 146 valence electrons. The Morgan fingerprint density at radius 2 is 1.81 bits per heavy atom. The molecule has 1 amide bonds. The van der Waals surface area contributed by atoms with Gasteiger partial charge in [0.15, 0.2) is 15.6 Å². The number of amides is 1. The van der Waals surface area contributed by atoms with Crippen LogP contribution in [0.15, 0.2) is 40.8 Å². The molecule has 1 fully saturated rings. The Hall–Kier alpha value is -1.79. The van der Waals surface area contributed by atoms with Crippen molar-refractivity contribution in [1.82, 2.24) is 5.32 Å². The van der Waals surface area contributed by atoms with E-state index in [9.17, 15) is 13.2 Å². The summed E-state index contributed by atoms with van der Waals surface area (Å²) in [6.45, 7) is 2.14. The van der Waals surface area contributed by atoms with E-state index in [1.54, 1.807) is 30.3 Å². The summed E-state index contributed by atoms with van der Waals surface area (Å²) in [6, 6.07) is 9.93. The SMILES string of the molecule is C[C@H]1CCCC[C@@H]1NC(=O)c1ccc(CS(=O)(=O)Cc2ccc(Cl)cc2)o1. The Morgan fingerprint density at radius 1 is 1.11 bits per heavy atom. The molecule has 7 heteroatoms. The van der Waals surface area contributed by atoms with Crippen LogP contribution in [0, 0.1) is 5.92 Å². The molecule has 1 aliphatic rings. The Bertz CT molecular complexity index is 889. The molecule has 0 radical (unpaired) electrons. The summed E-state index contributed by atoms with van der Waals surface area (Å²) in [5.41, 5.74) is 0.662. The minimum atomic E-state index is -3.42. The Kier molecular flexibility index (Phi) is 6.27. The van der Waals surface area contributed by atoms with Crippen LogP contribution >= 0.6 is 11.6 Å². The molecule has 3 rings (SSSR count). The van der Waals surface area contributed by atoms with Gasteiger partial charge in [-0.3, -0.25) is 4.79 Å². The first kappa shape index (κ1) is 20.0. The Labute approximate surface area is 165 Å². The fourth-order valence-corrected chi connectivity index (χ4v) is 4.97. The quantitative estimate of drug-likeness (QED) is 0.769. The van der Waals surface area contributed by atoms with Gasteiger partial charge < -0.3 is 9.73 Å². The molecule has 2 aromatic rings. The van der Waals surface area contributed by atoms with Crippen LogP contribution in [0.3, 0.4) is 0 Å². The third-order valence-electron chi connectivity index (χ3n) is 4.98. The van der Waals surface area contributed by atoms with Gasteiger partial charge in [-0.15, -0.1) is 0 Å². The Balaban J connectivity index is 1.61. The van der Waals surface area contributed by atoms with Crippen molar-refractivity contribution in [2.75, 3.05) is 0 Å².